The van der Waals surface area contributed by atoms with Gasteiger partial charge >= 0.3 is 0 Å². The molecule has 1 N–H and O–H groups in total. The molecule has 0 aliphatic rings. The average molecular weight is 251 g/mol. The van der Waals surface area contributed by atoms with Crippen molar-refractivity contribution in [2.75, 3.05) is 6.54 Å². The third-order valence-corrected chi connectivity index (χ3v) is 3.13. The predicted molar refractivity (Wildman–Crippen MR) is 76.4 cm³/mol. The molecule has 0 bridgehead atoms. The molecule has 1 unspecified atom stereocenters. The Morgan fingerprint density at radius 3 is 2.06 bits per heavy atom. The second-order valence-corrected chi connectivity index (χ2v) is 6.34. The van der Waals surface area contributed by atoms with Crippen LogP contribution in [0.15, 0.2) is 12.1 Å². The number of aryl methyl sites for hydroxylation is 2. The number of nitrogens with one attached hydrogen (secondary N) is 1. The maximum atomic E-state index is 13.7. The fourth-order valence-electron chi connectivity index (χ4n) is 2.35. The Morgan fingerprint density at radius 1 is 1.17 bits per heavy atom. The molecule has 18 heavy (non-hydrogen) atoms. The van der Waals surface area contributed by atoms with E-state index in [9.17, 15) is 4.39 Å². The van der Waals surface area contributed by atoms with Gasteiger partial charge in [0.05, 0.1) is 0 Å². The topological polar surface area (TPSA) is 12.0 Å². The second-order valence-electron chi connectivity index (χ2n) is 6.34. The van der Waals surface area contributed by atoms with Crippen molar-refractivity contribution in [2.24, 2.45) is 5.41 Å². The smallest absolute Gasteiger partial charge is 0.129 e. The molecule has 1 aromatic carbocycles. The number of hydrogen-bond acceptors (Lipinski definition) is 1. The van der Waals surface area contributed by atoms with Crippen LogP contribution in [0.25, 0.3) is 0 Å². The first-order chi connectivity index (χ1) is 8.24. The number of hydrogen-bond donors (Lipinski definition) is 1. The van der Waals surface area contributed by atoms with Gasteiger partial charge in [0.1, 0.15) is 5.82 Å². The summed E-state index contributed by atoms with van der Waals surface area (Å²) in [5.74, 6) is -0.0789. The SMILES string of the molecule is CCNC(CC(C)(C)C)c1cc(C)c(F)c(C)c1. The summed E-state index contributed by atoms with van der Waals surface area (Å²) in [4.78, 5) is 0. The molecule has 0 amide bonds. The summed E-state index contributed by atoms with van der Waals surface area (Å²) in [5, 5.41) is 3.51. The zero-order chi connectivity index (χ0) is 13.9. The first-order valence-corrected chi connectivity index (χ1v) is 6.74. The van der Waals surface area contributed by atoms with Gasteiger partial charge in [-0.25, -0.2) is 4.39 Å². The lowest BCUT2D eigenvalue weighted by Crippen LogP contribution is -2.25. The fraction of sp³-hybridized carbons (Fsp3) is 0.625. The zero-order valence-electron chi connectivity index (χ0n) is 12.5. The van der Waals surface area contributed by atoms with Gasteiger partial charge in [-0.05, 0) is 48.9 Å². The van der Waals surface area contributed by atoms with Gasteiger partial charge < -0.3 is 5.32 Å². The maximum absolute atomic E-state index is 13.7. The number of halogens is 1. The van der Waals surface area contributed by atoms with Crippen molar-refractivity contribution < 1.29 is 4.39 Å². The Hall–Kier alpha value is -0.890. The third-order valence-electron chi connectivity index (χ3n) is 3.13. The van der Waals surface area contributed by atoms with Crippen molar-refractivity contribution in [3.63, 3.8) is 0 Å². The van der Waals surface area contributed by atoms with Crippen LogP contribution in [0, 0.1) is 25.1 Å². The molecule has 1 nitrogen and oxygen atoms in total. The summed E-state index contributed by atoms with van der Waals surface area (Å²) in [6, 6.07) is 4.25. The maximum Gasteiger partial charge on any atom is 0.129 e. The molecule has 0 radical (unpaired) electrons. The van der Waals surface area contributed by atoms with Gasteiger partial charge in [0.25, 0.3) is 0 Å². The minimum absolute atomic E-state index is 0.0789. The Labute approximate surface area is 111 Å². The highest BCUT2D eigenvalue weighted by Crippen LogP contribution is 2.30. The van der Waals surface area contributed by atoms with E-state index in [4.69, 9.17) is 0 Å². The normalized spacial score (nSPS) is 13.7. The highest BCUT2D eigenvalue weighted by molar-refractivity contribution is 5.32. The van der Waals surface area contributed by atoms with Gasteiger partial charge in [0, 0.05) is 6.04 Å². The van der Waals surface area contributed by atoms with Gasteiger partial charge in [-0.2, -0.15) is 0 Å². The first kappa shape index (κ1) is 15.2. The third kappa shape index (κ3) is 4.09. The molecule has 0 spiro atoms. The highest BCUT2D eigenvalue weighted by Gasteiger charge is 2.20. The van der Waals surface area contributed by atoms with Crippen LogP contribution in [-0.2, 0) is 0 Å². The molecule has 1 rings (SSSR count). The monoisotopic (exact) mass is 251 g/mol. The fourth-order valence-corrected chi connectivity index (χ4v) is 2.35. The molecule has 0 fully saturated rings. The van der Waals surface area contributed by atoms with E-state index in [1.54, 1.807) is 0 Å². The summed E-state index contributed by atoms with van der Waals surface area (Å²) in [6.45, 7) is 13.4. The van der Waals surface area contributed by atoms with E-state index in [1.165, 1.54) is 5.56 Å². The molecule has 0 saturated carbocycles. The van der Waals surface area contributed by atoms with Crippen LogP contribution in [-0.4, -0.2) is 6.54 Å². The summed E-state index contributed by atoms with van der Waals surface area (Å²) < 4.78 is 13.7. The Bertz CT molecular complexity index is 381. The van der Waals surface area contributed by atoms with Crippen molar-refractivity contribution in [2.45, 2.75) is 54.0 Å². The molecule has 0 heterocycles. The molecule has 0 saturated heterocycles. The van der Waals surface area contributed by atoms with Crippen LogP contribution in [0.1, 0.15) is 56.8 Å². The van der Waals surface area contributed by atoms with Crippen LogP contribution in [0.3, 0.4) is 0 Å². The van der Waals surface area contributed by atoms with E-state index in [0.29, 0.717) is 6.04 Å². The molecule has 0 aliphatic heterocycles. The van der Waals surface area contributed by atoms with Crippen LogP contribution in [0.4, 0.5) is 4.39 Å². The van der Waals surface area contributed by atoms with Gasteiger partial charge in [-0.1, -0.05) is 39.8 Å². The van der Waals surface area contributed by atoms with Crippen LogP contribution in [0.2, 0.25) is 0 Å². The summed E-state index contributed by atoms with van der Waals surface area (Å²) in [7, 11) is 0. The lowest BCUT2D eigenvalue weighted by Gasteiger charge is -2.27. The van der Waals surface area contributed by atoms with Crippen LogP contribution < -0.4 is 5.32 Å². The Kier molecular flexibility index (Phi) is 4.92. The average Bonchev–Trinajstić information content (AvgIpc) is 2.23. The lowest BCUT2D eigenvalue weighted by atomic mass is 9.84. The molecular formula is C16H26FN. The van der Waals surface area contributed by atoms with Crippen molar-refractivity contribution in [1.29, 1.82) is 0 Å². The number of rotatable bonds is 4. The van der Waals surface area contributed by atoms with Crippen LogP contribution >= 0.6 is 0 Å². The minimum atomic E-state index is -0.0789. The largest absolute Gasteiger partial charge is 0.310 e. The minimum Gasteiger partial charge on any atom is -0.310 e. The van der Waals surface area contributed by atoms with Crippen molar-refractivity contribution in [3.8, 4) is 0 Å². The van der Waals surface area contributed by atoms with E-state index >= 15 is 0 Å². The molecule has 0 aromatic heterocycles. The summed E-state index contributed by atoms with van der Waals surface area (Å²) >= 11 is 0. The van der Waals surface area contributed by atoms with Gasteiger partial charge in [0.2, 0.25) is 0 Å². The van der Waals surface area contributed by atoms with Gasteiger partial charge in [0.15, 0.2) is 0 Å². The van der Waals surface area contributed by atoms with Gasteiger partial charge in [-0.3, -0.25) is 0 Å². The van der Waals surface area contributed by atoms with Crippen molar-refractivity contribution in [1.82, 2.24) is 5.32 Å². The summed E-state index contributed by atoms with van der Waals surface area (Å²) in [5.41, 5.74) is 2.93. The van der Waals surface area contributed by atoms with E-state index < -0.39 is 0 Å². The lowest BCUT2D eigenvalue weighted by molar-refractivity contribution is 0.314. The standard InChI is InChI=1S/C16H26FN/c1-7-18-14(10-16(4,5)6)13-8-11(2)15(17)12(3)9-13/h8-9,14,18H,7,10H2,1-6H3. The van der Waals surface area contributed by atoms with E-state index in [-0.39, 0.29) is 11.2 Å². The molecule has 102 valence electrons. The van der Waals surface area contributed by atoms with Crippen molar-refractivity contribution >= 4 is 0 Å². The Balaban J connectivity index is 3.06. The quantitative estimate of drug-likeness (QED) is 0.829. The molecule has 1 aromatic rings. The van der Waals surface area contributed by atoms with Gasteiger partial charge in [-0.15, -0.1) is 0 Å². The number of benzene rings is 1. The zero-order valence-corrected chi connectivity index (χ0v) is 12.5. The van der Waals surface area contributed by atoms with Crippen molar-refractivity contribution in [3.05, 3.63) is 34.6 Å². The van der Waals surface area contributed by atoms with E-state index in [2.05, 4.69) is 33.0 Å². The molecule has 0 aliphatic carbocycles. The van der Waals surface area contributed by atoms with Crippen LogP contribution in [0.5, 0.6) is 0 Å². The highest BCUT2D eigenvalue weighted by atomic mass is 19.1. The summed E-state index contributed by atoms with van der Waals surface area (Å²) in [6.07, 6.45) is 1.05. The molecule has 1 atom stereocenters. The second kappa shape index (κ2) is 5.83. The molecule has 2 heteroatoms. The molecular weight excluding hydrogens is 225 g/mol. The first-order valence-electron chi connectivity index (χ1n) is 6.74. The van der Waals surface area contributed by atoms with E-state index in [1.807, 2.05) is 26.0 Å². The Morgan fingerprint density at radius 2 is 1.67 bits per heavy atom. The predicted octanol–water partition coefficient (Wildman–Crippen LogP) is 4.53. The van der Waals surface area contributed by atoms with E-state index in [0.717, 1.165) is 24.1 Å².